The van der Waals surface area contributed by atoms with E-state index in [1.165, 1.54) is 24.0 Å². The Bertz CT molecular complexity index is 1350. The molecule has 0 aliphatic rings. The van der Waals surface area contributed by atoms with Gasteiger partial charge >= 0.3 is 23.0 Å². The molecule has 0 saturated heterocycles. The first-order valence-corrected chi connectivity index (χ1v) is 13.3. The van der Waals surface area contributed by atoms with Gasteiger partial charge in [-0.1, -0.05) is 68.1 Å². The summed E-state index contributed by atoms with van der Waals surface area (Å²) in [5.74, 6) is -0.231. The molecule has 0 saturated carbocycles. The number of carbonyl (C=O) groups is 1. The van der Waals surface area contributed by atoms with Gasteiger partial charge in [-0.05, 0) is 46.9 Å². The van der Waals surface area contributed by atoms with E-state index < -0.39 is 5.97 Å². The van der Waals surface area contributed by atoms with E-state index in [2.05, 4.69) is 43.3 Å². The van der Waals surface area contributed by atoms with Crippen molar-refractivity contribution in [2.24, 2.45) is 0 Å². The van der Waals surface area contributed by atoms with Crippen molar-refractivity contribution in [2.45, 2.75) is 32.6 Å². The fourth-order valence-electron chi connectivity index (χ4n) is 4.34. The Morgan fingerprint density at radius 3 is 1.97 bits per heavy atom. The first-order valence-electron chi connectivity index (χ1n) is 13.3. The molecular weight excluding hydrogens is 524 g/mol. The van der Waals surface area contributed by atoms with Crippen LogP contribution in [-0.2, 0) is 17.1 Å². The van der Waals surface area contributed by atoms with E-state index in [-0.39, 0.29) is 22.6 Å². The van der Waals surface area contributed by atoms with Gasteiger partial charge in [-0.25, -0.2) is 16.9 Å². The molecule has 0 aromatic heterocycles. The van der Waals surface area contributed by atoms with Crippen molar-refractivity contribution < 1.29 is 31.7 Å². The van der Waals surface area contributed by atoms with Crippen molar-refractivity contribution in [3.8, 4) is 39.1 Å². The molecule has 3 nitrogen and oxygen atoms in total. The topological polar surface area (TPSA) is 46.5 Å². The van der Waals surface area contributed by atoms with E-state index in [1.807, 2.05) is 72.8 Å². The second-order valence-electron chi connectivity index (χ2n) is 9.21. The fourth-order valence-corrected chi connectivity index (χ4v) is 4.34. The Labute approximate surface area is 242 Å². The maximum absolute atomic E-state index is 11.8. The molecule has 0 heterocycles. The summed E-state index contributed by atoms with van der Waals surface area (Å²) < 4.78 is 5.89. The van der Waals surface area contributed by atoms with E-state index in [1.54, 1.807) is 12.1 Å². The van der Waals surface area contributed by atoms with Gasteiger partial charge in [0, 0.05) is 0 Å². The fraction of sp³-hybridized carbons (Fsp3) is 0.171. The van der Waals surface area contributed by atoms with E-state index in [0.717, 1.165) is 29.5 Å². The van der Waals surface area contributed by atoms with Crippen LogP contribution in [0.4, 0.5) is 0 Å². The maximum atomic E-state index is 11.8. The molecule has 5 rings (SSSR count). The van der Waals surface area contributed by atoms with Crippen LogP contribution in [0.1, 0.15) is 43.0 Å². The van der Waals surface area contributed by atoms with Crippen LogP contribution in [0.15, 0.2) is 121 Å². The average molecular weight is 558 g/mol. The van der Waals surface area contributed by atoms with E-state index >= 15 is 0 Å². The van der Waals surface area contributed by atoms with Crippen molar-refractivity contribution >= 4 is 5.97 Å². The largest absolute Gasteiger partial charge is 2.00 e. The van der Waals surface area contributed by atoms with Crippen LogP contribution in [0, 0.1) is 0 Å². The van der Waals surface area contributed by atoms with E-state index in [9.17, 15) is 9.90 Å². The van der Waals surface area contributed by atoms with Crippen molar-refractivity contribution in [1.29, 1.82) is 0 Å². The molecule has 0 atom stereocenters. The zero-order chi connectivity index (χ0) is 26.6. The standard InChI is InChI=1S/C30H29O3.C5H5.Fe/c1-2-3-4-7-20-33-27-18-19-28(30(31)32)29(21-27)26-16-14-25(15-17-26)24-12-10-23(11-13-24)22-8-5-6-9-22;1-2-4-5-3-1;/h5-6,8-19,21H,2-4,7,20H2,1H3,(H,31,32);1-5H;/q2*-1;+2. The molecule has 200 valence electrons. The van der Waals surface area contributed by atoms with Crippen LogP contribution in [0.5, 0.6) is 5.75 Å². The Morgan fingerprint density at radius 1 is 0.795 bits per heavy atom. The van der Waals surface area contributed by atoms with Crippen LogP contribution in [0.25, 0.3) is 33.4 Å². The van der Waals surface area contributed by atoms with Crippen molar-refractivity contribution in [1.82, 2.24) is 0 Å². The van der Waals surface area contributed by atoms with Gasteiger partial charge in [-0.2, -0.15) is 30.3 Å². The second kappa shape index (κ2) is 15.5. The minimum Gasteiger partial charge on any atom is -0.494 e. The number of hydrogen-bond acceptors (Lipinski definition) is 2. The molecule has 0 radical (unpaired) electrons. The number of ether oxygens (including phenoxy) is 1. The molecule has 5 aromatic rings. The summed E-state index contributed by atoms with van der Waals surface area (Å²) in [6, 6.07) is 40.0. The van der Waals surface area contributed by atoms with Gasteiger partial charge < -0.3 is 9.84 Å². The number of carboxylic acid groups (broad SMARTS) is 1. The molecule has 0 aliphatic heterocycles. The quantitative estimate of drug-likeness (QED) is 0.106. The number of benzene rings is 3. The second-order valence-corrected chi connectivity index (χ2v) is 9.21. The van der Waals surface area contributed by atoms with E-state index in [0.29, 0.717) is 17.9 Å². The summed E-state index contributed by atoms with van der Waals surface area (Å²) in [6.45, 7) is 2.83. The predicted octanol–water partition coefficient (Wildman–Crippen LogP) is 9.47. The third-order valence-corrected chi connectivity index (χ3v) is 6.45. The molecule has 0 amide bonds. The Balaban J connectivity index is 0.000000630. The van der Waals surface area contributed by atoms with Gasteiger partial charge in [0.1, 0.15) is 5.75 Å². The van der Waals surface area contributed by atoms with Gasteiger partial charge in [0.15, 0.2) is 0 Å². The van der Waals surface area contributed by atoms with Gasteiger partial charge in [0.05, 0.1) is 12.2 Å². The van der Waals surface area contributed by atoms with Crippen molar-refractivity contribution in [2.75, 3.05) is 6.61 Å². The number of carboxylic acids is 1. The Morgan fingerprint density at radius 2 is 1.41 bits per heavy atom. The number of hydrogen-bond donors (Lipinski definition) is 1. The number of rotatable bonds is 10. The summed E-state index contributed by atoms with van der Waals surface area (Å²) in [6.07, 6.45) is 4.54. The molecule has 0 spiro atoms. The Kier molecular flexibility index (Phi) is 11.8. The van der Waals surface area contributed by atoms with E-state index in [4.69, 9.17) is 4.74 Å². The smallest absolute Gasteiger partial charge is 0.494 e. The number of unbranched alkanes of at least 4 members (excludes halogenated alkanes) is 3. The zero-order valence-electron chi connectivity index (χ0n) is 22.2. The van der Waals surface area contributed by atoms with Gasteiger partial charge in [0.25, 0.3) is 0 Å². The van der Waals surface area contributed by atoms with Crippen LogP contribution in [-0.4, -0.2) is 17.7 Å². The maximum Gasteiger partial charge on any atom is 2.00 e. The van der Waals surface area contributed by atoms with Crippen LogP contribution < -0.4 is 4.74 Å². The minimum atomic E-state index is -0.938. The Hall–Kier alpha value is -3.85. The molecular formula is C35H34FeO3. The molecule has 1 N–H and O–H groups in total. The molecule has 39 heavy (non-hydrogen) atoms. The first kappa shape index (κ1) is 29.7. The predicted molar refractivity (Wildman–Crippen MR) is 157 cm³/mol. The zero-order valence-corrected chi connectivity index (χ0v) is 23.3. The summed E-state index contributed by atoms with van der Waals surface area (Å²) in [5.41, 5.74) is 6.43. The van der Waals surface area contributed by atoms with Crippen LogP contribution >= 0.6 is 0 Å². The molecule has 4 heteroatoms. The summed E-state index contributed by atoms with van der Waals surface area (Å²) in [5, 5.41) is 9.69. The third kappa shape index (κ3) is 8.58. The van der Waals surface area contributed by atoms with Gasteiger partial charge in [0.2, 0.25) is 0 Å². The number of aromatic carboxylic acids is 1. The normalized spacial score (nSPS) is 10.2. The monoisotopic (exact) mass is 558 g/mol. The molecule has 0 fully saturated rings. The third-order valence-electron chi connectivity index (χ3n) is 6.45. The first-order chi connectivity index (χ1) is 18.7. The summed E-state index contributed by atoms with van der Waals surface area (Å²) in [7, 11) is 0. The molecule has 0 unspecified atom stereocenters. The molecule has 0 bridgehead atoms. The van der Waals surface area contributed by atoms with Crippen LogP contribution in [0.3, 0.4) is 0 Å². The van der Waals surface area contributed by atoms with Crippen LogP contribution in [0.2, 0.25) is 0 Å². The average Bonchev–Trinajstić information content (AvgIpc) is 3.71. The van der Waals surface area contributed by atoms with Gasteiger partial charge in [-0.15, -0.1) is 29.8 Å². The SMILES string of the molecule is CCCCCCOc1ccc(C(=O)O)c(-c2ccc(-c3ccc(-[c-]4cccc4)cc3)cc2)c1.[Fe+2].c1cc[cH-]c1. The van der Waals surface area contributed by atoms with Crippen molar-refractivity contribution in [3.05, 3.63) is 127 Å². The molecule has 5 aromatic carbocycles. The summed E-state index contributed by atoms with van der Waals surface area (Å²) >= 11 is 0. The van der Waals surface area contributed by atoms with Gasteiger partial charge in [-0.3, -0.25) is 0 Å². The summed E-state index contributed by atoms with van der Waals surface area (Å²) in [4.78, 5) is 11.8. The molecule has 0 aliphatic carbocycles. The minimum absolute atomic E-state index is 0. The van der Waals surface area contributed by atoms with Crippen molar-refractivity contribution in [3.63, 3.8) is 0 Å².